The van der Waals surface area contributed by atoms with Crippen LogP contribution in [-0.4, -0.2) is 12.6 Å². The van der Waals surface area contributed by atoms with E-state index in [9.17, 15) is 0 Å². The zero-order valence-corrected chi connectivity index (χ0v) is 12.2. The van der Waals surface area contributed by atoms with Crippen molar-refractivity contribution in [3.8, 4) is 0 Å². The molecular formula is C18H27N. The molecule has 1 aliphatic rings. The summed E-state index contributed by atoms with van der Waals surface area (Å²) in [6.07, 6.45) is 9.46. The van der Waals surface area contributed by atoms with Crippen LogP contribution in [0.3, 0.4) is 0 Å². The molecule has 1 atom stereocenters. The number of hydrogen-bond acceptors (Lipinski definition) is 1. The Morgan fingerprint density at radius 1 is 1.32 bits per heavy atom. The zero-order chi connectivity index (χ0) is 13.5. The highest BCUT2D eigenvalue weighted by atomic mass is 14.9. The van der Waals surface area contributed by atoms with Gasteiger partial charge in [0.1, 0.15) is 0 Å². The quantitative estimate of drug-likeness (QED) is 0.545. The summed E-state index contributed by atoms with van der Waals surface area (Å²) >= 11 is 0. The van der Waals surface area contributed by atoms with Gasteiger partial charge in [-0.05, 0) is 62.1 Å². The fourth-order valence-corrected chi connectivity index (χ4v) is 3.19. The summed E-state index contributed by atoms with van der Waals surface area (Å²) in [5.41, 5.74) is 3.14. The van der Waals surface area contributed by atoms with Crippen LogP contribution in [0.15, 0.2) is 36.9 Å². The molecule has 0 aliphatic heterocycles. The summed E-state index contributed by atoms with van der Waals surface area (Å²) in [6, 6.07) is 9.62. The number of unbranched alkanes of at least 4 members (excludes halogenated alkanes) is 1. The second-order valence-corrected chi connectivity index (χ2v) is 5.72. The number of nitrogens with one attached hydrogen (secondary N) is 1. The van der Waals surface area contributed by atoms with E-state index in [2.05, 4.69) is 43.1 Å². The molecule has 0 aromatic heterocycles. The molecule has 19 heavy (non-hydrogen) atoms. The molecule has 0 fully saturated rings. The molecule has 1 N–H and O–H groups in total. The van der Waals surface area contributed by atoms with E-state index in [1.54, 1.807) is 11.1 Å². The molecular weight excluding hydrogens is 230 g/mol. The van der Waals surface area contributed by atoms with Crippen LogP contribution in [0.4, 0.5) is 0 Å². The Morgan fingerprint density at radius 3 is 2.58 bits per heavy atom. The van der Waals surface area contributed by atoms with Gasteiger partial charge in [-0.25, -0.2) is 0 Å². The van der Waals surface area contributed by atoms with Gasteiger partial charge in [-0.3, -0.25) is 0 Å². The molecule has 1 aliphatic carbocycles. The van der Waals surface area contributed by atoms with E-state index >= 15 is 0 Å². The summed E-state index contributed by atoms with van der Waals surface area (Å²) in [7, 11) is 0. The standard InChI is InChI=1S/C18H27N/c1-3-5-6-11-18(19-12-4-2)17-13-15-9-7-8-10-16(15)14-17/h3,7-10,17-19H,1,4-6,11-14H2,2H3. The molecule has 1 aromatic carbocycles. The van der Waals surface area contributed by atoms with Crippen molar-refractivity contribution >= 4 is 0 Å². The normalized spacial score (nSPS) is 16.3. The van der Waals surface area contributed by atoms with Crippen molar-refractivity contribution in [2.45, 2.75) is 51.5 Å². The van der Waals surface area contributed by atoms with Crippen molar-refractivity contribution in [3.05, 3.63) is 48.0 Å². The fourth-order valence-electron chi connectivity index (χ4n) is 3.19. The van der Waals surface area contributed by atoms with Gasteiger partial charge in [0, 0.05) is 6.04 Å². The highest BCUT2D eigenvalue weighted by Gasteiger charge is 2.27. The van der Waals surface area contributed by atoms with Gasteiger partial charge in [0.25, 0.3) is 0 Å². The molecule has 104 valence electrons. The maximum Gasteiger partial charge on any atom is 0.0102 e. The van der Waals surface area contributed by atoms with Crippen LogP contribution < -0.4 is 5.32 Å². The van der Waals surface area contributed by atoms with Gasteiger partial charge in [0.15, 0.2) is 0 Å². The van der Waals surface area contributed by atoms with Crippen molar-refractivity contribution in [1.82, 2.24) is 5.32 Å². The third-order valence-electron chi connectivity index (χ3n) is 4.23. The van der Waals surface area contributed by atoms with E-state index in [-0.39, 0.29) is 0 Å². The number of allylic oxidation sites excluding steroid dienone is 1. The Bertz CT molecular complexity index is 371. The van der Waals surface area contributed by atoms with Crippen LogP contribution in [-0.2, 0) is 12.8 Å². The Balaban J connectivity index is 1.93. The summed E-state index contributed by atoms with van der Waals surface area (Å²) in [4.78, 5) is 0. The second kappa shape index (κ2) is 7.49. The first-order chi connectivity index (χ1) is 9.35. The topological polar surface area (TPSA) is 12.0 Å². The minimum atomic E-state index is 0.673. The predicted molar refractivity (Wildman–Crippen MR) is 83.5 cm³/mol. The van der Waals surface area contributed by atoms with Crippen molar-refractivity contribution in [3.63, 3.8) is 0 Å². The van der Waals surface area contributed by atoms with E-state index in [1.807, 2.05) is 6.08 Å². The molecule has 0 bridgehead atoms. The first-order valence-corrected chi connectivity index (χ1v) is 7.76. The predicted octanol–water partition coefficient (Wildman–Crippen LogP) is 4.13. The number of rotatable bonds is 8. The highest BCUT2D eigenvalue weighted by molar-refractivity contribution is 5.32. The number of fused-ring (bicyclic) bond motifs is 1. The molecule has 2 rings (SSSR count). The number of hydrogen-bond donors (Lipinski definition) is 1. The molecule has 1 nitrogen and oxygen atoms in total. The van der Waals surface area contributed by atoms with Crippen LogP contribution in [0, 0.1) is 5.92 Å². The first-order valence-electron chi connectivity index (χ1n) is 7.76. The van der Waals surface area contributed by atoms with E-state index in [1.165, 1.54) is 32.1 Å². The lowest BCUT2D eigenvalue weighted by molar-refractivity contribution is 0.340. The van der Waals surface area contributed by atoms with Gasteiger partial charge < -0.3 is 5.32 Å². The first kappa shape index (κ1) is 14.3. The third kappa shape index (κ3) is 3.94. The van der Waals surface area contributed by atoms with Gasteiger partial charge in [-0.1, -0.05) is 37.3 Å². The maximum absolute atomic E-state index is 3.83. The average Bonchev–Trinajstić information content (AvgIpc) is 2.86. The van der Waals surface area contributed by atoms with Gasteiger partial charge in [-0.15, -0.1) is 6.58 Å². The third-order valence-corrected chi connectivity index (χ3v) is 4.23. The summed E-state index contributed by atoms with van der Waals surface area (Å²) in [6.45, 7) is 7.22. The molecule has 1 aromatic rings. The Kier molecular flexibility index (Phi) is 5.65. The van der Waals surface area contributed by atoms with Gasteiger partial charge in [0.05, 0.1) is 0 Å². The second-order valence-electron chi connectivity index (χ2n) is 5.72. The Labute approximate surface area is 118 Å². The lowest BCUT2D eigenvalue weighted by Crippen LogP contribution is -2.37. The van der Waals surface area contributed by atoms with Gasteiger partial charge >= 0.3 is 0 Å². The molecule has 1 unspecified atom stereocenters. The van der Waals surface area contributed by atoms with Crippen LogP contribution >= 0.6 is 0 Å². The molecule has 0 amide bonds. The Hall–Kier alpha value is -1.08. The van der Waals surface area contributed by atoms with Crippen LogP contribution in [0.1, 0.15) is 43.7 Å². The SMILES string of the molecule is C=CCCCC(NCCC)C1Cc2ccccc2C1. The molecule has 0 saturated carbocycles. The zero-order valence-electron chi connectivity index (χ0n) is 12.2. The largest absolute Gasteiger partial charge is 0.314 e. The van der Waals surface area contributed by atoms with E-state index in [4.69, 9.17) is 0 Å². The molecule has 0 saturated heterocycles. The minimum absolute atomic E-state index is 0.673. The summed E-state index contributed by atoms with van der Waals surface area (Å²) in [5, 5.41) is 3.77. The van der Waals surface area contributed by atoms with Crippen LogP contribution in [0.5, 0.6) is 0 Å². The van der Waals surface area contributed by atoms with Crippen molar-refractivity contribution in [1.29, 1.82) is 0 Å². The fraction of sp³-hybridized carbons (Fsp3) is 0.556. The van der Waals surface area contributed by atoms with E-state index < -0.39 is 0 Å². The smallest absolute Gasteiger partial charge is 0.0102 e. The van der Waals surface area contributed by atoms with Gasteiger partial charge in [-0.2, -0.15) is 0 Å². The highest BCUT2D eigenvalue weighted by Crippen LogP contribution is 2.30. The Morgan fingerprint density at radius 2 is 2.00 bits per heavy atom. The lowest BCUT2D eigenvalue weighted by atomic mass is 9.92. The summed E-state index contributed by atoms with van der Waals surface area (Å²) < 4.78 is 0. The average molecular weight is 257 g/mol. The lowest BCUT2D eigenvalue weighted by Gasteiger charge is -2.24. The van der Waals surface area contributed by atoms with E-state index in [0.29, 0.717) is 6.04 Å². The maximum atomic E-state index is 3.83. The van der Waals surface area contributed by atoms with Crippen LogP contribution in [0.2, 0.25) is 0 Å². The molecule has 0 heterocycles. The van der Waals surface area contributed by atoms with E-state index in [0.717, 1.165) is 18.9 Å². The van der Waals surface area contributed by atoms with Crippen molar-refractivity contribution in [2.75, 3.05) is 6.54 Å². The van der Waals surface area contributed by atoms with Gasteiger partial charge in [0.2, 0.25) is 0 Å². The van der Waals surface area contributed by atoms with Crippen molar-refractivity contribution in [2.24, 2.45) is 5.92 Å². The molecule has 0 radical (unpaired) electrons. The minimum Gasteiger partial charge on any atom is -0.314 e. The number of benzene rings is 1. The molecule has 0 spiro atoms. The summed E-state index contributed by atoms with van der Waals surface area (Å²) in [5.74, 6) is 0.786. The van der Waals surface area contributed by atoms with Crippen LogP contribution in [0.25, 0.3) is 0 Å². The monoisotopic (exact) mass is 257 g/mol. The molecule has 1 heteroatoms. The van der Waals surface area contributed by atoms with Crippen molar-refractivity contribution < 1.29 is 0 Å².